The van der Waals surface area contributed by atoms with Crippen LogP contribution in [0.3, 0.4) is 0 Å². The Morgan fingerprint density at radius 3 is 1.47 bits per heavy atom. The average Bonchev–Trinajstić information content (AvgIpc) is 3.55. The first-order valence-corrected chi connectivity index (χ1v) is 15.5. The molecule has 0 spiro atoms. The molecule has 0 heterocycles. The minimum Gasteiger partial charge on any atom is -1.00 e. The molecule has 0 bridgehead atoms. The predicted molar refractivity (Wildman–Crippen MR) is 156 cm³/mol. The SMILES string of the molecule is C[C](C)=[Zr+2].Cc1cc2[cH-]c3cc(C)c(C4CCCCC4)cc3c2cc1C1CCCCC1.[C-]1=CC=CC1.[Cl-].[Cl-]. The van der Waals surface area contributed by atoms with E-state index in [1.165, 1.54) is 100 Å². The third-order valence-corrected chi connectivity index (χ3v) is 8.15. The smallest absolute Gasteiger partial charge is 0.0172 e. The van der Waals surface area contributed by atoms with Gasteiger partial charge in [-0.1, -0.05) is 72.9 Å². The molecule has 0 unspecified atom stereocenters. The van der Waals surface area contributed by atoms with Crippen molar-refractivity contribution in [1.29, 1.82) is 0 Å². The minimum absolute atomic E-state index is 0. The van der Waals surface area contributed by atoms with E-state index in [9.17, 15) is 0 Å². The van der Waals surface area contributed by atoms with Crippen molar-refractivity contribution in [1.82, 2.24) is 0 Å². The number of aryl methyl sites for hydroxylation is 2. The van der Waals surface area contributed by atoms with Crippen LogP contribution in [0, 0.1) is 19.9 Å². The molecule has 3 aromatic rings. The summed E-state index contributed by atoms with van der Waals surface area (Å²) in [5, 5.41) is 5.91. The van der Waals surface area contributed by atoms with Crippen molar-refractivity contribution >= 4 is 24.8 Å². The van der Waals surface area contributed by atoms with E-state index >= 15 is 0 Å². The molecule has 3 aromatic carbocycles. The Hall–Kier alpha value is -0.877. The third kappa shape index (κ3) is 8.81. The summed E-state index contributed by atoms with van der Waals surface area (Å²) in [5.74, 6) is 1.58. The standard InChI is InChI=1S/C27H33.C5H5.C3H6.2ClH.Zr/c1-18-13-22-15-23-14-19(2)25(21-11-7-4-8-12-21)17-27(23)26(22)16-24(18)20-9-5-3-6-10-20;1-2-4-5-3-1;1-3-2;;;/h13-17,20-21H,3-12H2,1-2H3;1-3H,4H2;1-2H3;2*1H;/q2*-1;;;;+2/p-2. The van der Waals surface area contributed by atoms with Gasteiger partial charge in [-0.25, -0.2) is 12.2 Å². The molecule has 6 rings (SSSR count). The zero-order valence-electron chi connectivity index (χ0n) is 23.8. The molecule has 3 heteroatoms. The summed E-state index contributed by atoms with van der Waals surface area (Å²) >= 11 is 1.55. The van der Waals surface area contributed by atoms with Crippen LogP contribution >= 0.6 is 0 Å². The molecule has 0 aliphatic heterocycles. The van der Waals surface area contributed by atoms with Crippen molar-refractivity contribution in [2.75, 3.05) is 0 Å². The van der Waals surface area contributed by atoms with E-state index in [0.29, 0.717) is 0 Å². The molecule has 0 atom stereocenters. The zero-order valence-corrected chi connectivity index (χ0v) is 27.8. The fourth-order valence-electron chi connectivity index (χ4n) is 6.41. The van der Waals surface area contributed by atoms with Crippen LogP contribution in [-0.2, 0) is 24.2 Å². The molecule has 0 aromatic heterocycles. The van der Waals surface area contributed by atoms with Gasteiger partial charge in [0.05, 0.1) is 0 Å². The van der Waals surface area contributed by atoms with Gasteiger partial charge in [-0.3, -0.25) is 6.08 Å². The second-order valence-electron chi connectivity index (χ2n) is 11.4. The first-order valence-electron chi connectivity index (χ1n) is 14.3. The minimum atomic E-state index is 0. The maximum absolute atomic E-state index is 2.99. The summed E-state index contributed by atoms with van der Waals surface area (Å²) in [5.41, 5.74) is 6.28. The summed E-state index contributed by atoms with van der Waals surface area (Å²) in [4.78, 5) is 0. The van der Waals surface area contributed by atoms with Crippen molar-refractivity contribution in [3.05, 3.63) is 76.9 Å². The Bertz CT molecular complexity index is 1140. The van der Waals surface area contributed by atoms with E-state index < -0.39 is 0 Å². The zero-order chi connectivity index (χ0) is 25.5. The molecule has 0 N–H and O–H groups in total. The number of hydrogen-bond donors (Lipinski definition) is 0. The van der Waals surface area contributed by atoms with Gasteiger partial charge in [-0.05, 0) is 51.4 Å². The van der Waals surface area contributed by atoms with Gasteiger partial charge in [0.2, 0.25) is 0 Å². The van der Waals surface area contributed by atoms with Gasteiger partial charge < -0.3 is 24.8 Å². The fourth-order valence-corrected chi connectivity index (χ4v) is 6.41. The Morgan fingerprint density at radius 2 is 1.16 bits per heavy atom. The van der Waals surface area contributed by atoms with Crippen molar-refractivity contribution in [3.63, 3.8) is 0 Å². The first-order chi connectivity index (χ1) is 17.4. The molecule has 0 saturated heterocycles. The molecule has 0 nitrogen and oxygen atoms in total. The maximum atomic E-state index is 2.99. The van der Waals surface area contributed by atoms with E-state index in [0.717, 1.165) is 18.3 Å². The van der Waals surface area contributed by atoms with Crippen molar-refractivity contribution < 1.29 is 49.0 Å². The second-order valence-corrected chi connectivity index (χ2v) is 13.9. The Morgan fingerprint density at radius 1 is 0.737 bits per heavy atom. The largest absolute Gasteiger partial charge is 1.00 e. The number of halogens is 2. The molecule has 0 amide bonds. The first kappa shape index (κ1) is 33.3. The maximum Gasteiger partial charge on any atom is -0.0172 e. The second kappa shape index (κ2) is 16.4. The average molecular weight is 627 g/mol. The van der Waals surface area contributed by atoms with Crippen LogP contribution in [0.5, 0.6) is 0 Å². The van der Waals surface area contributed by atoms with Gasteiger partial charge in [-0.2, -0.15) is 6.08 Å². The molecular weight excluding hydrogens is 583 g/mol. The Labute approximate surface area is 259 Å². The number of hydrogen-bond acceptors (Lipinski definition) is 0. The number of rotatable bonds is 2. The number of fused-ring (bicyclic) bond motifs is 3. The van der Waals surface area contributed by atoms with Crippen LogP contribution in [-0.4, -0.2) is 3.21 Å². The van der Waals surface area contributed by atoms with Crippen LogP contribution in [0.4, 0.5) is 0 Å². The van der Waals surface area contributed by atoms with Gasteiger partial charge in [0, 0.05) is 0 Å². The van der Waals surface area contributed by atoms with Crippen LogP contribution in [0.15, 0.2) is 48.6 Å². The van der Waals surface area contributed by atoms with Gasteiger partial charge in [0.15, 0.2) is 0 Å². The topological polar surface area (TPSA) is 0 Å². The molecule has 38 heavy (non-hydrogen) atoms. The van der Waals surface area contributed by atoms with Gasteiger partial charge >= 0.3 is 41.3 Å². The van der Waals surface area contributed by atoms with E-state index in [2.05, 4.69) is 70.2 Å². The van der Waals surface area contributed by atoms with Crippen molar-refractivity contribution in [2.45, 2.75) is 110 Å². The Balaban J connectivity index is 0.000000398. The van der Waals surface area contributed by atoms with Crippen molar-refractivity contribution in [2.24, 2.45) is 0 Å². The normalized spacial score (nSPS) is 17.2. The number of benzene rings is 2. The summed E-state index contributed by atoms with van der Waals surface area (Å²) < 4.78 is 1.51. The van der Waals surface area contributed by atoms with E-state index in [1.807, 2.05) is 12.2 Å². The van der Waals surface area contributed by atoms with E-state index in [4.69, 9.17) is 0 Å². The van der Waals surface area contributed by atoms with Gasteiger partial charge in [0.1, 0.15) is 0 Å². The molecule has 2 fully saturated rings. The monoisotopic (exact) mass is 624 g/mol. The Kier molecular flexibility index (Phi) is 14.4. The number of allylic oxidation sites excluding steroid dienone is 4. The van der Waals surface area contributed by atoms with Crippen LogP contribution in [0.2, 0.25) is 0 Å². The van der Waals surface area contributed by atoms with Crippen molar-refractivity contribution in [3.8, 4) is 0 Å². The summed E-state index contributed by atoms with van der Waals surface area (Å²) in [6, 6.07) is 12.5. The molecule has 3 aliphatic carbocycles. The summed E-state index contributed by atoms with van der Waals surface area (Å²) in [6.07, 6.45) is 24.1. The van der Waals surface area contributed by atoms with E-state index in [1.54, 1.807) is 35.4 Å². The van der Waals surface area contributed by atoms with Crippen LogP contribution < -0.4 is 24.8 Å². The van der Waals surface area contributed by atoms with Gasteiger partial charge in [0.25, 0.3) is 0 Å². The quantitative estimate of drug-likeness (QED) is 0.368. The van der Waals surface area contributed by atoms with Crippen LogP contribution in [0.1, 0.15) is 119 Å². The molecule has 3 aliphatic rings. The molecular formula is C35H44Cl2Zr-2. The molecule has 2 saturated carbocycles. The third-order valence-electron chi connectivity index (χ3n) is 8.15. The molecule has 0 radical (unpaired) electrons. The fraction of sp³-hybridized carbons (Fsp3) is 0.486. The predicted octanol–water partition coefficient (Wildman–Crippen LogP) is 4.48. The van der Waals surface area contributed by atoms with Gasteiger partial charge in [-0.15, -0.1) is 46.2 Å². The summed E-state index contributed by atoms with van der Waals surface area (Å²) in [6.45, 7) is 8.91. The van der Waals surface area contributed by atoms with E-state index in [-0.39, 0.29) is 24.8 Å². The van der Waals surface area contributed by atoms with Crippen LogP contribution in [0.25, 0.3) is 21.5 Å². The molecule has 204 valence electrons. The summed E-state index contributed by atoms with van der Waals surface area (Å²) in [7, 11) is 0.